The molecule has 0 unspecified atom stereocenters. The van der Waals surface area contributed by atoms with Gasteiger partial charge in [0.1, 0.15) is 0 Å². The van der Waals surface area contributed by atoms with Crippen molar-refractivity contribution in [3.05, 3.63) is 59.4 Å². The van der Waals surface area contributed by atoms with Crippen LogP contribution >= 0.6 is 23.8 Å². The van der Waals surface area contributed by atoms with E-state index >= 15 is 0 Å². The number of aromatic nitrogens is 1. The van der Waals surface area contributed by atoms with Crippen LogP contribution in [0.1, 0.15) is 37.7 Å². The van der Waals surface area contributed by atoms with Gasteiger partial charge < -0.3 is 10.6 Å². The van der Waals surface area contributed by atoms with Crippen molar-refractivity contribution in [2.75, 3.05) is 5.32 Å². The first-order valence-electron chi connectivity index (χ1n) is 8.40. The normalized spacial score (nSPS) is 15.9. The minimum atomic E-state index is 0.0610. The van der Waals surface area contributed by atoms with Crippen molar-refractivity contribution in [2.45, 2.75) is 44.1 Å². The van der Waals surface area contributed by atoms with Gasteiger partial charge in [0.2, 0.25) is 0 Å². The van der Waals surface area contributed by atoms with Gasteiger partial charge >= 0.3 is 0 Å². The van der Waals surface area contributed by atoms with Gasteiger partial charge in [-0.15, -0.1) is 0 Å². The number of thiocarbonyl (C=S) groups is 1. The van der Waals surface area contributed by atoms with Crippen molar-refractivity contribution in [3.8, 4) is 0 Å². The molecule has 1 aliphatic rings. The molecule has 0 atom stereocenters. The monoisotopic (exact) mass is 359 g/mol. The van der Waals surface area contributed by atoms with Gasteiger partial charge in [-0.2, -0.15) is 0 Å². The molecule has 24 heavy (non-hydrogen) atoms. The maximum absolute atomic E-state index is 6.30. The number of benzene rings is 1. The van der Waals surface area contributed by atoms with Crippen LogP contribution < -0.4 is 10.6 Å². The zero-order valence-electron chi connectivity index (χ0n) is 13.6. The molecule has 2 aromatic rings. The summed E-state index contributed by atoms with van der Waals surface area (Å²) in [6, 6.07) is 11.9. The molecule has 3 rings (SSSR count). The minimum Gasteiger partial charge on any atom is -0.357 e. The topological polar surface area (TPSA) is 37.0 Å². The molecule has 0 bridgehead atoms. The quantitative estimate of drug-likeness (QED) is 0.739. The van der Waals surface area contributed by atoms with Crippen LogP contribution in [0, 0.1) is 0 Å². The molecule has 1 heterocycles. The fourth-order valence-corrected chi connectivity index (χ4v) is 3.97. The largest absolute Gasteiger partial charge is 0.357 e. The zero-order chi connectivity index (χ0) is 16.8. The lowest BCUT2D eigenvalue weighted by atomic mass is 9.89. The number of rotatable bonds is 5. The van der Waals surface area contributed by atoms with Gasteiger partial charge in [0.25, 0.3) is 0 Å². The second-order valence-corrected chi connectivity index (χ2v) is 7.22. The molecule has 126 valence electrons. The lowest BCUT2D eigenvalue weighted by Crippen LogP contribution is -2.48. The maximum Gasteiger partial charge on any atom is 0.171 e. The van der Waals surface area contributed by atoms with Crippen molar-refractivity contribution in [3.63, 3.8) is 0 Å². The van der Waals surface area contributed by atoms with Gasteiger partial charge in [-0.1, -0.05) is 42.6 Å². The van der Waals surface area contributed by atoms with Gasteiger partial charge in [-0.05, 0) is 61.7 Å². The van der Waals surface area contributed by atoms with E-state index in [0.29, 0.717) is 5.11 Å². The van der Waals surface area contributed by atoms with Crippen LogP contribution in [0.4, 0.5) is 5.69 Å². The molecule has 0 aliphatic heterocycles. The Labute approximate surface area is 153 Å². The summed E-state index contributed by atoms with van der Waals surface area (Å²) in [6.45, 7) is 0. The van der Waals surface area contributed by atoms with E-state index < -0.39 is 0 Å². The highest BCUT2D eigenvalue weighted by Gasteiger charge is 2.34. The standard InChI is InChI=1S/C19H22ClN3S/c20-17-8-2-1-6-15(17)9-12-19(10-3-4-11-19)23-18(24)22-16-7-5-13-21-14-16/h1-2,5-8,13-14H,3-4,9-12H2,(H2,22,23,24). The third-order valence-electron chi connectivity index (χ3n) is 4.69. The second-order valence-electron chi connectivity index (χ2n) is 6.40. The molecule has 3 nitrogen and oxygen atoms in total. The van der Waals surface area contributed by atoms with Crippen LogP contribution in [0.25, 0.3) is 0 Å². The third kappa shape index (κ3) is 4.46. The van der Waals surface area contributed by atoms with Crippen LogP contribution in [0.3, 0.4) is 0 Å². The number of pyridine rings is 1. The molecule has 1 aliphatic carbocycles. The van der Waals surface area contributed by atoms with Crippen molar-refractivity contribution >= 4 is 34.6 Å². The number of nitrogens with one attached hydrogen (secondary N) is 2. The van der Waals surface area contributed by atoms with E-state index in [9.17, 15) is 0 Å². The van der Waals surface area contributed by atoms with E-state index in [2.05, 4.69) is 21.7 Å². The molecule has 0 saturated heterocycles. The molecule has 0 spiro atoms. The fraction of sp³-hybridized carbons (Fsp3) is 0.368. The number of nitrogens with zero attached hydrogens (tertiary/aromatic N) is 1. The van der Waals surface area contributed by atoms with Crippen LogP contribution in [0.15, 0.2) is 48.8 Å². The van der Waals surface area contributed by atoms with Crippen molar-refractivity contribution in [1.29, 1.82) is 0 Å². The molecule has 1 fully saturated rings. The Bertz CT molecular complexity index is 684. The summed E-state index contributed by atoms with van der Waals surface area (Å²) < 4.78 is 0. The average Bonchev–Trinajstić information content (AvgIpc) is 3.03. The van der Waals surface area contributed by atoms with Crippen LogP contribution in [0.5, 0.6) is 0 Å². The Kier molecular flexibility index (Phi) is 5.69. The molecule has 1 saturated carbocycles. The summed E-state index contributed by atoms with van der Waals surface area (Å²) in [6.07, 6.45) is 10.3. The summed E-state index contributed by atoms with van der Waals surface area (Å²) in [5.41, 5.74) is 2.18. The summed E-state index contributed by atoms with van der Waals surface area (Å²) in [5.74, 6) is 0. The molecular weight excluding hydrogens is 338 g/mol. The molecule has 0 amide bonds. The summed E-state index contributed by atoms with van der Waals surface area (Å²) in [7, 11) is 0. The highest BCUT2D eigenvalue weighted by Crippen LogP contribution is 2.34. The van der Waals surface area contributed by atoms with Crippen molar-refractivity contribution in [1.82, 2.24) is 10.3 Å². The van der Waals surface area contributed by atoms with Crippen LogP contribution in [-0.2, 0) is 6.42 Å². The number of hydrogen-bond acceptors (Lipinski definition) is 2. The number of hydrogen-bond donors (Lipinski definition) is 2. The van der Waals surface area contributed by atoms with Crippen molar-refractivity contribution < 1.29 is 0 Å². The van der Waals surface area contributed by atoms with Gasteiger partial charge in [0.05, 0.1) is 11.9 Å². The maximum atomic E-state index is 6.30. The molecule has 1 aromatic carbocycles. The summed E-state index contributed by atoms with van der Waals surface area (Å²) >= 11 is 11.8. The SMILES string of the molecule is S=C(Nc1cccnc1)NC1(CCc2ccccc2Cl)CCCC1. The lowest BCUT2D eigenvalue weighted by Gasteiger charge is -2.32. The Morgan fingerprint density at radius 3 is 2.67 bits per heavy atom. The van der Waals surface area contributed by atoms with E-state index in [0.717, 1.165) is 36.4 Å². The average molecular weight is 360 g/mol. The van der Waals surface area contributed by atoms with E-state index in [1.165, 1.54) is 18.4 Å². The number of aryl methyl sites for hydroxylation is 1. The number of anilines is 1. The van der Waals surface area contributed by atoms with Crippen molar-refractivity contribution in [2.24, 2.45) is 0 Å². The summed E-state index contributed by atoms with van der Waals surface area (Å²) in [5, 5.41) is 8.33. The Morgan fingerprint density at radius 1 is 1.17 bits per heavy atom. The first kappa shape index (κ1) is 17.2. The smallest absolute Gasteiger partial charge is 0.171 e. The summed E-state index contributed by atoms with van der Waals surface area (Å²) in [4.78, 5) is 4.11. The van der Waals surface area contributed by atoms with Crippen LogP contribution in [-0.4, -0.2) is 15.6 Å². The van der Waals surface area contributed by atoms with Crippen LogP contribution in [0.2, 0.25) is 5.02 Å². The molecule has 5 heteroatoms. The fourth-order valence-electron chi connectivity index (χ4n) is 3.40. The first-order valence-corrected chi connectivity index (χ1v) is 9.18. The molecule has 1 aromatic heterocycles. The lowest BCUT2D eigenvalue weighted by molar-refractivity contribution is 0.362. The highest BCUT2D eigenvalue weighted by atomic mass is 35.5. The second kappa shape index (κ2) is 7.95. The van der Waals surface area contributed by atoms with Gasteiger partial charge in [-0.3, -0.25) is 4.98 Å². The number of halogens is 1. The van der Waals surface area contributed by atoms with Gasteiger partial charge in [-0.25, -0.2) is 0 Å². The minimum absolute atomic E-state index is 0.0610. The Morgan fingerprint density at radius 2 is 1.96 bits per heavy atom. The predicted octanol–water partition coefficient (Wildman–Crippen LogP) is 4.97. The van der Waals surface area contributed by atoms with E-state index in [-0.39, 0.29) is 5.54 Å². The predicted molar refractivity (Wildman–Crippen MR) is 105 cm³/mol. The van der Waals surface area contributed by atoms with E-state index in [1.807, 2.05) is 30.3 Å². The van der Waals surface area contributed by atoms with E-state index in [4.69, 9.17) is 23.8 Å². The Balaban J connectivity index is 1.63. The van der Waals surface area contributed by atoms with E-state index in [1.54, 1.807) is 12.4 Å². The first-order chi connectivity index (χ1) is 11.7. The van der Waals surface area contributed by atoms with Gasteiger partial charge in [0.15, 0.2) is 5.11 Å². The Hall–Kier alpha value is -1.65. The molecule has 0 radical (unpaired) electrons. The molecule has 2 N–H and O–H groups in total. The highest BCUT2D eigenvalue weighted by molar-refractivity contribution is 7.80. The van der Waals surface area contributed by atoms with Gasteiger partial charge in [0, 0.05) is 16.8 Å². The zero-order valence-corrected chi connectivity index (χ0v) is 15.2. The third-order valence-corrected chi connectivity index (χ3v) is 5.26. The molecular formula is C19H22ClN3S.